The van der Waals surface area contributed by atoms with Gasteiger partial charge in [-0.3, -0.25) is 0 Å². The first kappa shape index (κ1) is 33.7. The molecule has 0 saturated heterocycles. The van der Waals surface area contributed by atoms with Crippen LogP contribution in [0.4, 0.5) is 34.1 Å². The predicted molar refractivity (Wildman–Crippen MR) is 220 cm³/mol. The van der Waals surface area contributed by atoms with Crippen molar-refractivity contribution in [3.63, 3.8) is 0 Å². The topological polar surface area (TPSA) is 24.9 Å². The molecule has 7 aromatic rings. The molecule has 0 spiro atoms. The molecule has 4 nitrogen and oxygen atoms in total. The SMILES string of the molecule is COc1cc(N(c2ccccc2)c2ccccc2)ccc1/C=C\c1ccc(/C=C\c2ccc(N(c3ccccc3)c3ccccc3)cc2OC)cc1. The van der Waals surface area contributed by atoms with Crippen LogP contribution in [0.5, 0.6) is 11.5 Å². The fourth-order valence-corrected chi connectivity index (χ4v) is 6.25. The van der Waals surface area contributed by atoms with Crippen LogP contribution in [0.3, 0.4) is 0 Å². The molecule has 0 bridgehead atoms. The molecule has 0 N–H and O–H groups in total. The maximum absolute atomic E-state index is 5.87. The lowest BCUT2D eigenvalue weighted by molar-refractivity contribution is 0.414. The minimum Gasteiger partial charge on any atom is -0.496 e. The van der Waals surface area contributed by atoms with Gasteiger partial charge in [-0.2, -0.15) is 0 Å². The van der Waals surface area contributed by atoms with E-state index in [0.29, 0.717) is 0 Å². The Morgan fingerprint density at radius 3 is 0.923 bits per heavy atom. The van der Waals surface area contributed by atoms with Crippen LogP contribution < -0.4 is 19.3 Å². The average molecular weight is 677 g/mol. The number of rotatable bonds is 12. The van der Waals surface area contributed by atoms with Gasteiger partial charge in [0.05, 0.1) is 14.2 Å². The van der Waals surface area contributed by atoms with Crippen LogP contribution in [0.15, 0.2) is 182 Å². The van der Waals surface area contributed by atoms with Crippen molar-refractivity contribution in [3.05, 3.63) is 204 Å². The van der Waals surface area contributed by atoms with Gasteiger partial charge in [-0.05, 0) is 83.9 Å². The minimum atomic E-state index is 0.806. The van der Waals surface area contributed by atoms with E-state index in [1.165, 1.54) is 0 Å². The number of methoxy groups -OCH3 is 2. The lowest BCUT2D eigenvalue weighted by Crippen LogP contribution is -2.10. The van der Waals surface area contributed by atoms with Gasteiger partial charge in [-0.25, -0.2) is 0 Å². The Hall–Kier alpha value is -6.78. The van der Waals surface area contributed by atoms with Gasteiger partial charge in [0, 0.05) is 57.4 Å². The summed E-state index contributed by atoms with van der Waals surface area (Å²) in [6.45, 7) is 0. The van der Waals surface area contributed by atoms with Crippen molar-refractivity contribution in [1.29, 1.82) is 0 Å². The highest BCUT2D eigenvalue weighted by Crippen LogP contribution is 2.39. The minimum absolute atomic E-state index is 0.806. The molecule has 0 atom stereocenters. The summed E-state index contributed by atoms with van der Waals surface area (Å²) in [6, 6.07) is 62.7. The van der Waals surface area contributed by atoms with Crippen molar-refractivity contribution in [1.82, 2.24) is 0 Å². The second-order valence-electron chi connectivity index (χ2n) is 12.2. The Labute approximate surface area is 306 Å². The first-order valence-corrected chi connectivity index (χ1v) is 17.3. The summed E-state index contributed by atoms with van der Waals surface area (Å²) in [5.74, 6) is 1.61. The van der Waals surface area contributed by atoms with Gasteiger partial charge >= 0.3 is 0 Å². The predicted octanol–water partition coefficient (Wildman–Crippen LogP) is 13.0. The van der Waals surface area contributed by atoms with Gasteiger partial charge < -0.3 is 19.3 Å². The monoisotopic (exact) mass is 676 g/mol. The van der Waals surface area contributed by atoms with Crippen molar-refractivity contribution in [2.75, 3.05) is 24.0 Å². The lowest BCUT2D eigenvalue weighted by atomic mass is 10.1. The molecule has 0 unspecified atom stereocenters. The fourth-order valence-electron chi connectivity index (χ4n) is 6.25. The molecule has 4 heteroatoms. The molecule has 0 amide bonds. The molecule has 0 radical (unpaired) electrons. The number of benzene rings is 7. The standard InChI is InChI=1S/C48H40N2O2/c1-51-47-35-45(49(41-15-7-3-8-16-41)42-17-9-4-10-18-42)33-31-39(47)29-27-37-23-25-38(26-24-37)28-30-40-32-34-46(36-48(40)52-2)50(43-19-11-5-12-20-43)44-21-13-6-14-22-44/h3-36H,1-2H3/b29-27-,30-28-. The van der Waals surface area contributed by atoms with Gasteiger partial charge in [-0.15, -0.1) is 0 Å². The molecule has 7 rings (SSSR count). The zero-order valence-corrected chi connectivity index (χ0v) is 29.3. The molecular formula is C48H40N2O2. The normalized spacial score (nSPS) is 11.1. The van der Waals surface area contributed by atoms with Gasteiger partial charge in [0.15, 0.2) is 0 Å². The van der Waals surface area contributed by atoms with E-state index in [-0.39, 0.29) is 0 Å². The van der Waals surface area contributed by atoms with Crippen LogP contribution in [0.25, 0.3) is 24.3 Å². The van der Waals surface area contributed by atoms with Gasteiger partial charge in [0.25, 0.3) is 0 Å². The maximum Gasteiger partial charge on any atom is 0.128 e. The van der Waals surface area contributed by atoms with E-state index in [9.17, 15) is 0 Å². The molecule has 254 valence electrons. The third-order valence-electron chi connectivity index (χ3n) is 8.86. The number of hydrogen-bond donors (Lipinski definition) is 0. The van der Waals surface area contributed by atoms with Crippen LogP contribution >= 0.6 is 0 Å². The largest absolute Gasteiger partial charge is 0.496 e. The summed E-state index contributed by atoms with van der Waals surface area (Å²) in [5, 5.41) is 0. The summed E-state index contributed by atoms with van der Waals surface area (Å²) >= 11 is 0. The Morgan fingerprint density at radius 1 is 0.327 bits per heavy atom. The summed E-state index contributed by atoms with van der Waals surface area (Å²) in [5.41, 5.74) is 10.6. The number of anilines is 6. The van der Waals surface area contributed by atoms with Crippen molar-refractivity contribution < 1.29 is 9.47 Å². The van der Waals surface area contributed by atoms with Crippen molar-refractivity contribution in [2.45, 2.75) is 0 Å². The third-order valence-corrected chi connectivity index (χ3v) is 8.86. The van der Waals surface area contributed by atoms with Crippen LogP contribution in [0, 0.1) is 0 Å². The molecule has 0 aliphatic carbocycles. The van der Waals surface area contributed by atoms with Gasteiger partial charge in [0.2, 0.25) is 0 Å². The Bertz CT molecular complexity index is 2010. The summed E-state index contributed by atoms with van der Waals surface area (Å²) < 4.78 is 11.7. The fraction of sp³-hybridized carbons (Fsp3) is 0.0417. The van der Waals surface area contributed by atoms with Gasteiger partial charge in [0.1, 0.15) is 11.5 Å². The maximum atomic E-state index is 5.87. The second-order valence-corrected chi connectivity index (χ2v) is 12.2. The van der Waals surface area contributed by atoms with Crippen molar-refractivity contribution in [2.24, 2.45) is 0 Å². The summed E-state index contributed by atoms with van der Waals surface area (Å²) in [6.07, 6.45) is 8.43. The highest BCUT2D eigenvalue weighted by Gasteiger charge is 2.15. The molecule has 52 heavy (non-hydrogen) atoms. The van der Waals surface area contributed by atoms with E-state index < -0.39 is 0 Å². The van der Waals surface area contributed by atoms with Crippen molar-refractivity contribution >= 4 is 58.4 Å². The first-order valence-electron chi connectivity index (χ1n) is 17.3. The molecule has 0 fully saturated rings. The molecule has 0 aliphatic heterocycles. The van der Waals surface area contributed by atoms with E-state index in [1.54, 1.807) is 14.2 Å². The van der Waals surface area contributed by atoms with E-state index >= 15 is 0 Å². The van der Waals surface area contributed by atoms with E-state index in [0.717, 1.165) is 67.9 Å². The molecule has 0 aliphatic rings. The van der Waals surface area contributed by atoms with Crippen LogP contribution in [-0.4, -0.2) is 14.2 Å². The van der Waals surface area contributed by atoms with E-state index in [1.807, 2.05) is 24.3 Å². The summed E-state index contributed by atoms with van der Waals surface area (Å²) in [7, 11) is 3.44. The lowest BCUT2D eigenvalue weighted by Gasteiger charge is -2.26. The van der Waals surface area contributed by atoms with Gasteiger partial charge in [-0.1, -0.05) is 121 Å². The van der Waals surface area contributed by atoms with Crippen LogP contribution in [-0.2, 0) is 0 Å². The molecule has 0 aromatic heterocycles. The average Bonchev–Trinajstić information content (AvgIpc) is 3.22. The highest BCUT2D eigenvalue weighted by atomic mass is 16.5. The van der Waals surface area contributed by atoms with Crippen molar-refractivity contribution in [3.8, 4) is 11.5 Å². The number of ether oxygens (including phenoxy) is 2. The van der Waals surface area contributed by atoms with E-state index in [4.69, 9.17) is 9.47 Å². The Morgan fingerprint density at radius 2 is 0.635 bits per heavy atom. The highest BCUT2D eigenvalue weighted by molar-refractivity contribution is 5.82. The summed E-state index contributed by atoms with van der Waals surface area (Å²) in [4.78, 5) is 4.46. The van der Waals surface area contributed by atoms with Crippen LogP contribution in [0.2, 0.25) is 0 Å². The van der Waals surface area contributed by atoms with Crippen LogP contribution in [0.1, 0.15) is 22.3 Å². The molecular weight excluding hydrogens is 637 g/mol. The first-order chi connectivity index (χ1) is 25.7. The Balaban J connectivity index is 1.08. The number of para-hydroxylation sites is 4. The molecule has 7 aromatic carbocycles. The Kier molecular flexibility index (Phi) is 10.6. The smallest absolute Gasteiger partial charge is 0.128 e. The zero-order chi connectivity index (χ0) is 35.5. The molecule has 0 heterocycles. The third kappa shape index (κ3) is 7.83. The second kappa shape index (κ2) is 16.3. The quantitative estimate of drug-likeness (QED) is 0.120. The van der Waals surface area contributed by atoms with E-state index in [2.05, 4.69) is 192 Å². The molecule has 0 saturated carbocycles. The number of hydrogen-bond acceptors (Lipinski definition) is 4. The zero-order valence-electron chi connectivity index (χ0n) is 29.3. The number of nitrogens with zero attached hydrogens (tertiary/aromatic N) is 2.